The molecule has 5 fully saturated rings. The second kappa shape index (κ2) is 16.4. The first kappa shape index (κ1) is 40.2. The van der Waals surface area contributed by atoms with Crippen LogP contribution < -0.4 is 25.2 Å². The monoisotopic (exact) mass is 857 g/mol. The summed E-state index contributed by atoms with van der Waals surface area (Å²) in [6.45, 7) is 13.2. The van der Waals surface area contributed by atoms with Gasteiger partial charge in [-0.2, -0.15) is 0 Å². The summed E-state index contributed by atoms with van der Waals surface area (Å²) < 4.78 is 21.5. The molecule has 1 atom stereocenters. The Morgan fingerprint density at radius 2 is 1.67 bits per heavy atom. The van der Waals surface area contributed by atoms with Gasteiger partial charge >= 0.3 is 0 Å². The van der Waals surface area contributed by atoms with Crippen LogP contribution in [0.5, 0.6) is 5.75 Å². The molecule has 9 rings (SSSR count). The van der Waals surface area contributed by atoms with E-state index in [0.29, 0.717) is 46.2 Å². The number of hydrogen-bond acceptors (Lipinski definition) is 12. The number of hydrogen-bond donors (Lipinski definition) is 2. The molecule has 18 heteroatoms. The fourth-order valence-corrected chi connectivity index (χ4v) is 10.7. The van der Waals surface area contributed by atoms with Crippen LogP contribution in [-0.2, 0) is 9.59 Å². The van der Waals surface area contributed by atoms with Crippen LogP contribution >= 0.6 is 22.9 Å². The number of rotatable bonds is 9. The van der Waals surface area contributed by atoms with E-state index >= 15 is 4.39 Å². The van der Waals surface area contributed by atoms with Gasteiger partial charge in [-0.25, -0.2) is 9.24 Å². The molecule has 0 bridgehead atoms. The first-order valence-electron chi connectivity index (χ1n) is 20.7. The molecule has 5 aliphatic heterocycles. The Morgan fingerprint density at radius 3 is 2.35 bits per heavy atom. The standard InChI is InChI=1S/C42H45ClFN9O6S/c1-45-32-7-6-27(18-30(32)43)59-26-4-2-25(3-5-26)46-37(56)38-48-49-41(60-38)51-14-10-24(11-15-51)21-50-16-12-42(13-17-50)22-52(23-42)34-20-29-28(19-31(34)44)39(57)53(40(29)58)33-8-9-35(54)47-36(33)55/h6-7,18-20,24-26,33H,2-5,8-17,21-23H2,(H,46,56)(H,47,54,55). The zero-order valence-corrected chi connectivity index (χ0v) is 34.5. The number of carbonyl (C=O) groups excluding carboxylic acids is 5. The maximum atomic E-state index is 15.4. The van der Waals surface area contributed by atoms with E-state index in [1.165, 1.54) is 17.4 Å². The third kappa shape index (κ3) is 7.92. The van der Waals surface area contributed by atoms with E-state index in [-0.39, 0.29) is 47.4 Å². The molecule has 2 aromatic carbocycles. The average molecular weight is 858 g/mol. The van der Waals surface area contributed by atoms with Crippen molar-refractivity contribution in [2.75, 3.05) is 55.6 Å². The summed E-state index contributed by atoms with van der Waals surface area (Å²) in [7, 11) is 0. The van der Waals surface area contributed by atoms with E-state index in [1.54, 1.807) is 18.2 Å². The molecule has 1 aromatic heterocycles. The number of amides is 5. The molecule has 1 aliphatic carbocycles. The lowest BCUT2D eigenvalue weighted by molar-refractivity contribution is -0.136. The smallest absolute Gasteiger partial charge is 0.282 e. The number of nitrogens with one attached hydrogen (secondary N) is 2. The number of likely N-dealkylation sites (tertiary alicyclic amines) is 1. The second-order valence-electron chi connectivity index (χ2n) is 17.1. The topological polar surface area (TPSA) is 162 Å². The van der Waals surface area contributed by atoms with Crippen molar-refractivity contribution in [3.8, 4) is 5.75 Å². The Balaban J connectivity index is 0.696. The predicted octanol–water partition coefficient (Wildman–Crippen LogP) is 5.22. The SMILES string of the molecule is [C-]#[N+]c1ccc(OC2CCC(NC(=O)c3nnc(N4CCC(CN5CCC6(CC5)CN(c5cc7c(cc5F)C(=O)N(C5CCC(=O)NC5=O)C7=O)C6)CC4)s3)CC2)cc1Cl. The maximum Gasteiger partial charge on any atom is 0.282 e. The second-order valence-corrected chi connectivity index (χ2v) is 18.4. The summed E-state index contributed by atoms with van der Waals surface area (Å²) in [4.78, 5) is 74.6. The number of anilines is 2. The van der Waals surface area contributed by atoms with E-state index in [2.05, 4.69) is 35.5 Å². The number of imide groups is 2. The zero-order chi connectivity index (χ0) is 41.7. The first-order valence-corrected chi connectivity index (χ1v) is 21.9. The predicted molar refractivity (Wildman–Crippen MR) is 220 cm³/mol. The average Bonchev–Trinajstić information content (AvgIpc) is 3.81. The summed E-state index contributed by atoms with van der Waals surface area (Å²) in [6.07, 6.45) is 7.30. The molecule has 5 amide bonds. The van der Waals surface area contributed by atoms with E-state index in [4.69, 9.17) is 22.9 Å². The zero-order valence-electron chi connectivity index (χ0n) is 33.0. The minimum Gasteiger partial charge on any atom is -0.490 e. The molecule has 4 saturated heterocycles. The minimum atomic E-state index is -1.09. The number of ether oxygens (including phenoxy) is 1. The third-order valence-electron chi connectivity index (χ3n) is 13.2. The molecule has 6 heterocycles. The van der Waals surface area contributed by atoms with Gasteiger partial charge < -0.3 is 24.8 Å². The van der Waals surface area contributed by atoms with Gasteiger partial charge in [-0.3, -0.25) is 34.2 Å². The number of carbonyl (C=O) groups is 5. The van der Waals surface area contributed by atoms with Gasteiger partial charge in [0.1, 0.15) is 17.6 Å². The number of nitrogens with zero attached hydrogens (tertiary/aromatic N) is 7. The number of benzene rings is 2. The van der Waals surface area contributed by atoms with E-state index < -0.39 is 35.5 Å². The van der Waals surface area contributed by atoms with E-state index in [9.17, 15) is 24.0 Å². The fourth-order valence-electron chi connectivity index (χ4n) is 9.70. The molecule has 60 heavy (non-hydrogen) atoms. The molecular formula is C42H45ClFN9O6S. The van der Waals surface area contributed by atoms with E-state index in [1.807, 2.05) is 4.90 Å². The van der Waals surface area contributed by atoms with Crippen molar-refractivity contribution in [3.63, 3.8) is 0 Å². The molecule has 3 aromatic rings. The van der Waals surface area contributed by atoms with Gasteiger partial charge in [0.05, 0.1) is 34.5 Å². The Bertz CT molecular complexity index is 2270. The number of piperidine rings is 3. The van der Waals surface area contributed by atoms with Crippen molar-refractivity contribution in [3.05, 3.63) is 68.7 Å². The first-order chi connectivity index (χ1) is 29.0. The highest BCUT2D eigenvalue weighted by Gasteiger charge is 2.48. The summed E-state index contributed by atoms with van der Waals surface area (Å²) in [5, 5.41) is 15.5. The molecule has 1 spiro atoms. The van der Waals surface area contributed by atoms with Gasteiger partial charge in [0.2, 0.25) is 27.6 Å². The van der Waals surface area contributed by atoms with Gasteiger partial charge in [-0.1, -0.05) is 29.0 Å². The molecule has 2 N–H and O–H groups in total. The largest absolute Gasteiger partial charge is 0.490 e. The van der Waals surface area contributed by atoms with Crippen molar-refractivity contribution in [2.45, 2.75) is 82.4 Å². The van der Waals surface area contributed by atoms with Gasteiger partial charge in [0.15, 0.2) is 0 Å². The van der Waals surface area contributed by atoms with Crippen LogP contribution in [0.1, 0.15) is 94.7 Å². The minimum absolute atomic E-state index is 0.0215. The number of aromatic nitrogens is 2. The lowest BCUT2D eigenvalue weighted by Crippen LogP contribution is -2.61. The van der Waals surface area contributed by atoms with Crippen molar-refractivity contribution < 1.29 is 33.1 Å². The van der Waals surface area contributed by atoms with Gasteiger partial charge in [-0.15, -0.1) is 10.2 Å². The van der Waals surface area contributed by atoms with Crippen LogP contribution in [0.3, 0.4) is 0 Å². The molecule has 1 saturated carbocycles. The molecule has 314 valence electrons. The molecule has 1 unspecified atom stereocenters. The van der Waals surface area contributed by atoms with Crippen molar-refractivity contribution in [2.24, 2.45) is 11.3 Å². The molecule has 15 nitrogen and oxygen atoms in total. The van der Waals surface area contributed by atoms with Crippen LogP contribution in [0.4, 0.5) is 20.9 Å². The van der Waals surface area contributed by atoms with Crippen LogP contribution in [-0.4, -0.2) is 114 Å². The highest BCUT2D eigenvalue weighted by atomic mass is 35.5. The molecule has 0 radical (unpaired) electrons. The van der Waals surface area contributed by atoms with Gasteiger partial charge in [0, 0.05) is 50.6 Å². The van der Waals surface area contributed by atoms with E-state index in [0.717, 1.165) is 100 Å². The summed E-state index contributed by atoms with van der Waals surface area (Å²) in [5.41, 5.74) is 0.800. The lowest BCUT2D eigenvalue weighted by Gasteiger charge is -2.55. The van der Waals surface area contributed by atoms with Crippen LogP contribution in [0.15, 0.2) is 30.3 Å². The Kier molecular flexibility index (Phi) is 11.0. The Labute approximate surface area is 355 Å². The highest BCUT2D eigenvalue weighted by molar-refractivity contribution is 7.17. The summed E-state index contributed by atoms with van der Waals surface area (Å²) in [5.74, 6) is -2.05. The third-order valence-corrected chi connectivity index (χ3v) is 14.5. The van der Waals surface area contributed by atoms with Crippen molar-refractivity contribution in [1.29, 1.82) is 0 Å². The normalized spacial score (nSPS) is 24.6. The van der Waals surface area contributed by atoms with Crippen LogP contribution in [0.25, 0.3) is 4.85 Å². The van der Waals surface area contributed by atoms with Crippen LogP contribution in [0, 0.1) is 23.7 Å². The van der Waals surface area contributed by atoms with Crippen molar-refractivity contribution in [1.82, 2.24) is 30.6 Å². The Morgan fingerprint density at radius 1 is 0.950 bits per heavy atom. The Hall–Kier alpha value is -5.18. The number of fused-ring (bicyclic) bond motifs is 1. The highest BCUT2D eigenvalue weighted by Crippen LogP contribution is 2.45. The van der Waals surface area contributed by atoms with Crippen molar-refractivity contribution >= 4 is 69.0 Å². The molecular weight excluding hydrogens is 813 g/mol. The van der Waals surface area contributed by atoms with Crippen LogP contribution in [0.2, 0.25) is 5.02 Å². The molecule has 6 aliphatic rings. The number of halogens is 2. The lowest BCUT2D eigenvalue weighted by atomic mass is 9.71. The fraction of sp³-hybridized carbons (Fsp3) is 0.524. The van der Waals surface area contributed by atoms with Gasteiger partial charge in [-0.05, 0) is 101 Å². The summed E-state index contributed by atoms with van der Waals surface area (Å²) >= 11 is 7.50. The van der Waals surface area contributed by atoms with Gasteiger partial charge in [0.25, 0.3) is 17.7 Å². The maximum absolute atomic E-state index is 15.4. The summed E-state index contributed by atoms with van der Waals surface area (Å²) in [6, 6.07) is 6.61. The quantitative estimate of drug-likeness (QED) is 0.215.